The van der Waals surface area contributed by atoms with Gasteiger partial charge in [-0.3, -0.25) is 9.59 Å². The molecule has 0 saturated carbocycles. The second-order valence-corrected chi connectivity index (χ2v) is 7.10. The summed E-state index contributed by atoms with van der Waals surface area (Å²) in [6.07, 6.45) is 1.76. The van der Waals surface area contributed by atoms with Gasteiger partial charge in [0, 0.05) is 22.8 Å². The largest absolute Gasteiger partial charge is 0.492 e. The van der Waals surface area contributed by atoms with Crippen LogP contribution in [0, 0.1) is 6.92 Å². The summed E-state index contributed by atoms with van der Waals surface area (Å²) in [4.78, 5) is 25.5. The topological polar surface area (TPSA) is 60.3 Å². The molecule has 5 heteroatoms. The van der Waals surface area contributed by atoms with Crippen molar-refractivity contribution in [3.63, 3.8) is 0 Å². The molecule has 1 heterocycles. The van der Waals surface area contributed by atoms with E-state index in [1.807, 2.05) is 67.6 Å². The molecule has 0 spiro atoms. The van der Waals surface area contributed by atoms with Crippen molar-refractivity contribution in [2.45, 2.75) is 13.5 Å². The van der Waals surface area contributed by atoms with E-state index in [4.69, 9.17) is 4.74 Å². The third-order valence-corrected chi connectivity index (χ3v) is 4.89. The highest BCUT2D eigenvalue weighted by atomic mass is 16.5. The van der Waals surface area contributed by atoms with E-state index in [0.29, 0.717) is 29.8 Å². The van der Waals surface area contributed by atoms with Crippen molar-refractivity contribution < 1.29 is 9.53 Å². The molecule has 150 valence electrons. The number of amides is 1. The summed E-state index contributed by atoms with van der Waals surface area (Å²) >= 11 is 0. The van der Waals surface area contributed by atoms with Crippen molar-refractivity contribution in [1.29, 1.82) is 0 Å². The minimum absolute atomic E-state index is 0.144. The number of aromatic nitrogens is 1. The molecule has 0 radical (unpaired) electrons. The van der Waals surface area contributed by atoms with Crippen molar-refractivity contribution in [2.75, 3.05) is 11.9 Å². The van der Waals surface area contributed by atoms with Gasteiger partial charge in [-0.15, -0.1) is 0 Å². The van der Waals surface area contributed by atoms with E-state index >= 15 is 0 Å². The number of benzene rings is 3. The minimum atomic E-state index is -0.247. The monoisotopic (exact) mass is 398 g/mol. The Balaban J connectivity index is 1.52. The summed E-state index contributed by atoms with van der Waals surface area (Å²) in [5.41, 5.74) is 2.14. The number of para-hydroxylation sites is 1. The first-order chi connectivity index (χ1) is 14.6. The Hall–Kier alpha value is -3.86. The fourth-order valence-electron chi connectivity index (χ4n) is 3.22. The Bertz CT molecular complexity index is 1230. The number of hydrogen-bond donors (Lipinski definition) is 1. The quantitative estimate of drug-likeness (QED) is 0.515. The number of hydrogen-bond acceptors (Lipinski definition) is 3. The average Bonchev–Trinajstić information content (AvgIpc) is 2.77. The SMILES string of the molecule is Cc1ccc(NC(=O)c2ccc3ccn(CCOc4ccccc4)c(=O)c3c2)cc1. The lowest BCUT2D eigenvalue weighted by molar-refractivity contribution is 0.102. The minimum Gasteiger partial charge on any atom is -0.492 e. The summed E-state index contributed by atoms with van der Waals surface area (Å²) in [5.74, 6) is 0.518. The van der Waals surface area contributed by atoms with Crippen LogP contribution in [0.2, 0.25) is 0 Å². The second-order valence-electron chi connectivity index (χ2n) is 7.10. The molecule has 0 fully saturated rings. The number of ether oxygens (including phenoxy) is 1. The van der Waals surface area contributed by atoms with Crippen LogP contribution in [0.1, 0.15) is 15.9 Å². The molecule has 0 saturated heterocycles. The van der Waals surface area contributed by atoms with Gasteiger partial charge in [0.1, 0.15) is 12.4 Å². The van der Waals surface area contributed by atoms with Crippen LogP contribution in [0.5, 0.6) is 5.75 Å². The molecule has 4 aromatic rings. The summed E-state index contributed by atoms with van der Waals surface area (Å²) in [7, 11) is 0. The highest BCUT2D eigenvalue weighted by Crippen LogP contribution is 2.15. The zero-order chi connectivity index (χ0) is 20.9. The molecule has 30 heavy (non-hydrogen) atoms. The molecule has 4 rings (SSSR count). The molecular formula is C25H22N2O3. The third kappa shape index (κ3) is 4.41. The van der Waals surface area contributed by atoms with Crippen LogP contribution >= 0.6 is 0 Å². The standard InChI is InChI=1S/C25H22N2O3/c1-18-7-11-21(12-8-18)26-24(28)20-10-9-19-13-14-27(25(29)23(19)17-20)15-16-30-22-5-3-2-4-6-22/h2-14,17H,15-16H2,1H3,(H,26,28). The fourth-order valence-corrected chi connectivity index (χ4v) is 3.22. The lowest BCUT2D eigenvalue weighted by Gasteiger charge is -2.10. The van der Waals surface area contributed by atoms with Crippen molar-refractivity contribution in [2.24, 2.45) is 0 Å². The van der Waals surface area contributed by atoms with Gasteiger partial charge >= 0.3 is 0 Å². The van der Waals surface area contributed by atoms with Gasteiger partial charge in [0.25, 0.3) is 11.5 Å². The summed E-state index contributed by atoms with van der Waals surface area (Å²) < 4.78 is 7.29. The van der Waals surface area contributed by atoms with Gasteiger partial charge < -0.3 is 14.6 Å². The van der Waals surface area contributed by atoms with Crippen LogP contribution in [0.15, 0.2) is 89.9 Å². The number of pyridine rings is 1. The molecule has 0 aliphatic rings. The first-order valence-electron chi connectivity index (χ1n) is 9.79. The molecule has 0 bridgehead atoms. The Kier molecular flexibility index (Phi) is 5.61. The van der Waals surface area contributed by atoms with Gasteiger partial charge in [0.15, 0.2) is 0 Å². The number of aryl methyl sites for hydroxylation is 1. The van der Waals surface area contributed by atoms with E-state index in [1.54, 1.807) is 29.0 Å². The van der Waals surface area contributed by atoms with E-state index in [2.05, 4.69) is 5.32 Å². The van der Waals surface area contributed by atoms with Gasteiger partial charge in [-0.25, -0.2) is 0 Å². The van der Waals surface area contributed by atoms with Crippen LogP contribution in [0.25, 0.3) is 10.8 Å². The third-order valence-electron chi connectivity index (χ3n) is 4.89. The fraction of sp³-hybridized carbons (Fsp3) is 0.120. The van der Waals surface area contributed by atoms with Crippen LogP contribution in [0.3, 0.4) is 0 Å². The Labute approximate surface area is 174 Å². The number of carbonyl (C=O) groups excluding carboxylic acids is 1. The van der Waals surface area contributed by atoms with E-state index in [9.17, 15) is 9.59 Å². The highest BCUT2D eigenvalue weighted by molar-refractivity contribution is 6.06. The highest BCUT2D eigenvalue weighted by Gasteiger charge is 2.10. The Morgan fingerprint density at radius 2 is 1.73 bits per heavy atom. The number of rotatable bonds is 6. The van der Waals surface area contributed by atoms with Gasteiger partial charge in [-0.05, 0) is 54.8 Å². The zero-order valence-electron chi connectivity index (χ0n) is 16.7. The van der Waals surface area contributed by atoms with Crippen molar-refractivity contribution in [3.8, 4) is 5.75 Å². The number of nitrogens with zero attached hydrogens (tertiary/aromatic N) is 1. The maximum atomic E-state index is 12.9. The van der Waals surface area contributed by atoms with Crippen molar-refractivity contribution in [3.05, 3.63) is 107 Å². The first kappa shape index (κ1) is 19.5. The lowest BCUT2D eigenvalue weighted by Crippen LogP contribution is -2.23. The van der Waals surface area contributed by atoms with Gasteiger partial charge in [0.2, 0.25) is 0 Å². The summed E-state index contributed by atoms with van der Waals surface area (Å²) in [6.45, 7) is 2.79. The molecular weight excluding hydrogens is 376 g/mol. The van der Waals surface area contributed by atoms with E-state index in [1.165, 1.54) is 0 Å². The maximum absolute atomic E-state index is 12.9. The molecule has 1 aromatic heterocycles. The number of nitrogens with one attached hydrogen (secondary N) is 1. The van der Waals surface area contributed by atoms with E-state index in [-0.39, 0.29) is 11.5 Å². The van der Waals surface area contributed by atoms with Crippen LogP contribution in [-0.4, -0.2) is 17.1 Å². The predicted octanol–water partition coefficient (Wildman–Crippen LogP) is 4.64. The molecule has 0 unspecified atom stereocenters. The number of carbonyl (C=O) groups is 1. The Morgan fingerprint density at radius 3 is 2.50 bits per heavy atom. The molecule has 0 aliphatic carbocycles. The molecule has 0 atom stereocenters. The van der Waals surface area contributed by atoms with Crippen LogP contribution < -0.4 is 15.6 Å². The van der Waals surface area contributed by atoms with Crippen LogP contribution in [0.4, 0.5) is 5.69 Å². The van der Waals surface area contributed by atoms with Crippen molar-refractivity contribution in [1.82, 2.24) is 4.57 Å². The van der Waals surface area contributed by atoms with Gasteiger partial charge in [-0.1, -0.05) is 42.0 Å². The normalized spacial score (nSPS) is 10.7. The average molecular weight is 398 g/mol. The summed E-state index contributed by atoms with van der Waals surface area (Å²) in [6, 6.07) is 24.1. The second kappa shape index (κ2) is 8.66. The molecule has 3 aromatic carbocycles. The van der Waals surface area contributed by atoms with Crippen molar-refractivity contribution >= 4 is 22.4 Å². The van der Waals surface area contributed by atoms with E-state index < -0.39 is 0 Å². The molecule has 5 nitrogen and oxygen atoms in total. The van der Waals surface area contributed by atoms with Gasteiger partial charge in [-0.2, -0.15) is 0 Å². The van der Waals surface area contributed by atoms with Crippen LogP contribution in [-0.2, 0) is 6.54 Å². The molecule has 0 aliphatic heterocycles. The van der Waals surface area contributed by atoms with Gasteiger partial charge in [0.05, 0.1) is 6.54 Å². The number of anilines is 1. The molecule has 1 amide bonds. The smallest absolute Gasteiger partial charge is 0.258 e. The first-order valence-corrected chi connectivity index (χ1v) is 9.79. The predicted molar refractivity (Wildman–Crippen MR) is 119 cm³/mol. The lowest BCUT2D eigenvalue weighted by atomic mass is 10.1. The molecule has 1 N–H and O–H groups in total. The maximum Gasteiger partial charge on any atom is 0.258 e. The summed E-state index contributed by atoms with van der Waals surface area (Å²) in [5, 5.41) is 4.18. The Morgan fingerprint density at radius 1 is 0.967 bits per heavy atom. The number of fused-ring (bicyclic) bond motifs is 1. The van der Waals surface area contributed by atoms with E-state index in [0.717, 1.165) is 16.7 Å². The zero-order valence-corrected chi connectivity index (χ0v) is 16.7.